The van der Waals surface area contributed by atoms with Gasteiger partial charge in [-0.15, -0.1) is 0 Å². The Hall–Kier alpha value is 1.12. The SMILES string of the molecule is CCC[CH2][Sn]([CH2]CCC)([CH2]CCC)/[C](Cl)=C/Cl. The summed E-state index contributed by atoms with van der Waals surface area (Å²) in [6.07, 6.45) is 7.86. The molecule has 0 aliphatic carbocycles. The van der Waals surface area contributed by atoms with Crippen molar-refractivity contribution in [1.29, 1.82) is 0 Å². The Morgan fingerprint density at radius 3 is 1.47 bits per heavy atom. The molecule has 0 amide bonds. The van der Waals surface area contributed by atoms with Gasteiger partial charge in [0.05, 0.1) is 0 Å². The minimum absolute atomic E-state index is 1.09. The van der Waals surface area contributed by atoms with Crippen LogP contribution in [0.3, 0.4) is 0 Å². The van der Waals surface area contributed by atoms with Gasteiger partial charge in [-0.25, -0.2) is 0 Å². The third-order valence-electron chi connectivity index (χ3n) is 3.63. The van der Waals surface area contributed by atoms with E-state index in [2.05, 4.69) is 20.8 Å². The zero-order chi connectivity index (χ0) is 13.1. The summed E-state index contributed by atoms with van der Waals surface area (Å²) in [6, 6.07) is 0. The number of unbranched alkanes of at least 4 members (excludes halogenated alkanes) is 3. The summed E-state index contributed by atoms with van der Waals surface area (Å²) in [6.45, 7) is 6.82. The van der Waals surface area contributed by atoms with Gasteiger partial charge < -0.3 is 0 Å². The maximum absolute atomic E-state index is 6.52. The van der Waals surface area contributed by atoms with Crippen molar-refractivity contribution in [3.63, 3.8) is 0 Å². The first-order chi connectivity index (χ1) is 8.16. The Balaban J connectivity index is 4.77. The molecule has 0 aromatic rings. The van der Waals surface area contributed by atoms with Gasteiger partial charge in [0.2, 0.25) is 0 Å². The fourth-order valence-electron chi connectivity index (χ4n) is 2.39. The van der Waals surface area contributed by atoms with Gasteiger partial charge in [0.15, 0.2) is 0 Å². The van der Waals surface area contributed by atoms with Crippen molar-refractivity contribution in [3.8, 4) is 0 Å². The van der Waals surface area contributed by atoms with E-state index < -0.39 is 18.4 Å². The minimum atomic E-state index is -2.30. The topological polar surface area (TPSA) is 0 Å². The van der Waals surface area contributed by atoms with E-state index >= 15 is 0 Å². The van der Waals surface area contributed by atoms with Crippen LogP contribution in [0.4, 0.5) is 0 Å². The summed E-state index contributed by atoms with van der Waals surface area (Å²) in [5.41, 5.74) is 1.69. The van der Waals surface area contributed by atoms with Gasteiger partial charge in [-0.05, 0) is 0 Å². The van der Waals surface area contributed by atoms with Crippen LogP contribution in [0, 0.1) is 0 Å². The van der Waals surface area contributed by atoms with Crippen LogP contribution >= 0.6 is 23.2 Å². The van der Waals surface area contributed by atoms with Gasteiger partial charge in [-0.3, -0.25) is 0 Å². The second-order valence-corrected chi connectivity index (χ2v) is 19.7. The molecule has 0 unspecified atom stereocenters. The van der Waals surface area contributed by atoms with E-state index in [9.17, 15) is 0 Å². The molecule has 0 aromatic heterocycles. The van der Waals surface area contributed by atoms with Crippen molar-refractivity contribution in [2.75, 3.05) is 0 Å². The molecular weight excluding hydrogens is 358 g/mol. The molecule has 102 valence electrons. The average Bonchev–Trinajstić information content (AvgIpc) is 2.37. The van der Waals surface area contributed by atoms with Crippen LogP contribution in [0.1, 0.15) is 59.3 Å². The standard InChI is InChI=1S/3C4H9.C2HCl2.Sn/c3*1-3-4-2;3-1-2-4;/h3*1,3-4H2,2H3;1H;. The van der Waals surface area contributed by atoms with Gasteiger partial charge in [0.25, 0.3) is 0 Å². The van der Waals surface area contributed by atoms with Crippen molar-refractivity contribution < 1.29 is 0 Å². The molecule has 0 atom stereocenters. The molecule has 0 rings (SSSR count). The van der Waals surface area contributed by atoms with Crippen LogP contribution in [0.2, 0.25) is 13.3 Å². The fourth-order valence-corrected chi connectivity index (χ4v) is 19.5. The molecule has 0 radical (unpaired) electrons. The molecule has 0 heterocycles. The predicted octanol–water partition coefficient (Wildman–Crippen LogP) is 6.69. The number of hydrogen-bond donors (Lipinski definition) is 0. The molecule has 0 N–H and O–H groups in total. The Kier molecular flexibility index (Phi) is 11.7. The second-order valence-electron chi connectivity index (χ2n) is 5.05. The van der Waals surface area contributed by atoms with Crippen LogP contribution in [-0.2, 0) is 0 Å². The molecule has 0 aliphatic heterocycles. The third kappa shape index (κ3) is 6.73. The van der Waals surface area contributed by atoms with Crippen molar-refractivity contribution in [1.82, 2.24) is 0 Å². The number of halogens is 2. The molecule has 17 heavy (non-hydrogen) atoms. The number of rotatable bonds is 10. The molecule has 0 fully saturated rings. The summed E-state index contributed by atoms with van der Waals surface area (Å²) < 4.78 is 5.28. The second kappa shape index (κ2) is 11.0. The first kappa shape index (κ1) is 18.1. The summed E-state index contributed by atoms with van der Waals surface area (Å²) in [7, 11) is 0. The Labute approximate surface area is 122 Å². The van der Waals surface area contributed by atoms with Gasteiger partial charge in [-0.1, -0.05) is 0 Å². The van der Waals surface area contributed by atoms with E-state index in [4.69, 9.17) is 23.2 Å². The van der Waals surface area contributed by atoms with E-state index in [0.29, 0.717) is 0 Å². The van der Waals surface area contributed by atoms with Crippen molar-refractivity contribution in [3.05, 3.63) is 8.58 Å². The predicted molar refractivity (Wildman–Crippen MR) is 84.7 cm³/mol. The van der Waals surface area contributed by atoms with Crippen molar-refractivity contribution >= 4 is 41.6 Å². The molecule has 0 spiro atoms. The Morgan fingerprint density at radius 2 is 1.24 bits per heavy atom. The summed E-state index contributed by atoms with van der Waals surface area (Å²) in [4.78, 5) is 0. The first-order valence-corrected chi connectivity index (χ1v) is 15.4. The van der Waals surface area contributed by atoms with Gasteiger partial charge >= 0.3 is 123 Å². The number of hydrogen-bond acceptors (Lipinski definition) is 0. The van der Waals surface area contributed by atoms with E-state index in [0.717, 1.165) is 3.05 Å². The molecular formula is C14H28Cl2Sn. The van der Waals surface area contributed by atoms with Gasteiger partial charge in [0, 0.05) is 0 Å². The molecule has 0 saturated heterocycles. The van der Waals surface area contributed by atoms with Crippen molar-refractivity contribution in [2.45, 2.75) is 72.6 Å². The first-order valence-electron chi connectivity index (χ1n) is 7.13. The molecule has 3 heteroatoms. The van der Waals surface area contributed by atoms with Crippen LogP contribution < -0.4 is 0 Å². The third-order valence-corrected chi connectivity index (χ3v) is 21.8. The van der Waals surface area contributed by atoms with Crippen LogP contribution in [0.5, 0.6) is 0 Å². The zero-order valence-electron chi connectivity index (χ0n) is 11.7. The van der Waals surface area contributed by atoms with E-state index in [1.165, 1.54) is 51.8 Å². The van der Waals surface area contributed by atoms with E-state index in [1.807, 2.05) is 0 Å². The fraction of sp³-hybridized carbons (Fsp3) is 0.857. The normalized spacial score (nSPS) is 13.1. The van der Waals surface area contributed by atoms with Crippen LogP contribution in [0.25, 0.3) is 0 Å². The van der Waals surface area contributed by atoms with E-state index in [1.54, 1.807) is 5.54 Å². The Bertz CT molecular complexity index is 192. The summed E-state index contributed by atoms with van der Waals surface area (Å²) >= 11 is 10.1. The summed E-state index contributed by atoms with van der Waals surface area (Å²) in [5, 5.41) is 0. The summed E-state index contributed by atoms with van der Waals surface area (Å²) in [5.74, 6) is 0. The molecule has 0 saturated carbocycles. The molecule has 0 bridgehead atoms. The monoisotopic (exact) mass is 386 g/mol. The average molecular weight is 386 g/mol. The zero-order valence-corrected chi connectivity index (χ0v) is 16.1. The molecule has 0 aliphatic rings. The van der Waals surface area contributed by atoms with E-state index in [-0.39, 0.29) is 0 Å². The van der Waals surface area contributed by atoms with Gasteiger partial charge in [-0.2, -0.15) is 0 Å². The Morgan fingerprint density at radius 1 is 0.882 bits per heavy atom. The molecule has 0 nitrogen and oxygen atoms in total. The van der Waals surface area contributed by atoms with Crippen molar-refractivity contribution in [2.24, 2.45) is 0 Å². The maximum atomic E-state index is 6.52. The van der Waals surface area contributed by atoms with Crippen LogP contribution in [-0.4, -0.2) is 18.4 Å². The van der Waals surface area contributed by atoms with Crippen LogP contribution in [0.15, 0.2) is 8.58 Å². The van der Waals surface area contributed by atoms with Gasteiger partial charge in [0.1, 0.15) is 0 Å². The molecule has 0 aromatic carbocycles. The quantitative estimate of drug-likeness (QED) is 0.367.